The Hall–Kier alpha value is -1.21. The lowest BCUT2D eigenvalue weighted by molar-refractivity contribution is 0.569. The van der Waals surface area contributed by atoms with E-state index in [2.05, 4.69) is 41.5 Å². The van der Waals surface area contributed by atoms with Crippen LogP contribution in [0.1, 0.15) is 6.42 Å². The summed E-state index contributed by atoms with van der Waals surface area (Å²) >= 11 is 9.17. The third-order valence-corrected chi connectivity index (χ3v) is 3.34. The molecule has 0 aliphatic rings. The molecule has 2 rings (SSSR count). The Kier molecular flexibility index (Phi) is 4.27. The Morgan fingerprint density at radius 1 is 1.41 bits per heavy atom. The van der Waals surface area contributed by atoms with Gasteiger partial charge in [0.2, 0.25) is 0 Å². The molecule has 1 N–H and O–H groups in total. The van der Waals surface area contributed by atoms with Crippen LogP contribution >= 0.6 is 27.5 Å². The third-order valence-electron chi connectivity index (χ3n) is 2.08. The van der Waals surface area contributed by atoms with E-state index >= 15 is 0 Å². The Bertz CT molecular complexity index is 474. The summed E-state index contributed by atoms with van der Waals surface area (Å²) in [5, 5.41) is 11.2. The zero-order valence-corrected chi connectivity index (χ0v) is 11.2. The highest BCUT2D eigenvalue weighted by Gasteiger charge is 2.05. The van der Waals surface area contributed by atoms with E-state index < -0.39 is 0 Å². The van der Waals surface area contributed by atoms with Crippen LogP contribution in [-0.4, -0.2) is 31.5 Å². The van der Waals surface area contributed by atoms with Crippen LogP contribution < -0.4 is 5.32 Å². The molecular formula is C9H10BrClN6. The summed E-state index contributed by atoms with van der Waals surface area (Å²) in [6.45, 7) is 1.58. The molecule has 8 heteroatoms. The lowest BCUT2D eigenvalue weighted by atomic mass is 10.4. The SMILES string of the molecule is Clc1ncnc(NCCCn2ccnn2)c1Br. The summed E-state index contributed by atoms with van der Waals surface area (Å²) in [4.78, 5) is 7.94. The second-order valence-electron chi connectivity index (χ2n) is 3.27. The van der Waals surface area contributed by atoms with E-state index in [-0.39, 0.29) is 0 Å². The molecule has 2 aromatic rings. The normalized spacial score (nSPS) is 10.5. The van der Waals surface area contributed by atoms with Crippen LogP contribution in [0, 0.1) is 0 Å². The van der Waals surface area contributed by atoms with Crippen LogP contribution in [0.2, 0.25) is 5.15 Å². The molecule has 0 saturated heterocycles. The van der Waals surface area contributed by atoms with Crippen molar-refractivity contribution in [2.75, 3.05) is 11.9 Å². The van der Waals surface area contributed by atoms with Gasteiger partial charge in [0.05, 0.1) is 10.7 Å². The van der Waals surface area contributed by atoms with Gasteiger partial charge >= 0.3 is 0 Å². The quantitative estimate of drug-likeness (QED) is 0.674. The minimum absolute atomic E-state index is 0.402. The summed E-state index contributed by atoms with van der Waals surface area (Å²) in [5.41, 5.74) is 0. The van der Waals surface area contributed by atoms with Gasteiger partial charge in [0, 0.05) is 19.3 Å². The van der Waals surface area contributed by atoms with Crippen LogP contribution in [0.4, 0.5) is 5.82 Å². The van der Waals surface area contributed by atoms with Crippen molar-refractivity contribution in [3.8, 4) is 0 Å². The van der Waals surface area contributed by atoms with E-state index in [0.717, 1.165) is 19.5 Å². The maximum atomic E-state index is 5.85. The van der Waals surface area contributed by atoms with Crippen molar-refractivity contribution in [1.82, 2.24) is 25.0 Å². The zero-order valence-electron chi connectivity index (χ0n) is 8.85. The maximum absolute atomic E-state index is 5.85. The summed E-state index contributed by atoms with van der Waals surface area (Å²) in [7, 11) is 0. The smallest absolute Gasteiger partial charge is 0.148 e. The molecule has 0 saturated carbocycles. The second-order valence-corrected chi connectivity index (χ2v) is 4.42. The van der Waals surface area contributed by atoms with Crippen LogP contribution in [0.25, 0.3) is 0 Å². The van der Waals surface area contributed by atoms with Gasteiger partial charge in [-0.2, -0.15) is 0 Å². The predicted molar refractivity (Wildman–Crippen MR) is 67.9 cm³/mol. The average molecular weight is 318 g/mol. The zero-order chi connectivity index (χ0) is 12.1. The van der Waals surface area contributed by atoms with Gasteiger partial charge in [0.25, 0.3) is 0 Å². The Balaban J connectivity index is 1.80. The van der Waals surface area contributed by atoms with Gasteiger partial charge in [-0.1, -0.05) is 16.8 Å². The largest absolute Gasteiger partial charge is 0.369 e. The molecule has 6 nitrogen and oxygen atoms in total. The fourth-order valence-corrected chi connectivity index (χ4v) is 1.75. The summed E-state index contributed by atoms with van der Waals surface area (Å²) in [6, 6.07) is 0. The van der Waals surface area contributed by atoms with Gasteiger partial charge in [0.1, 0.15) is 17.3 Å². The van der Waals surface area contributed by atoms with Crippen molar-refractivity contribution in [2.45, 2.75) is 13.0 Å². The first-order valence-corrected chi connectivity index (χ1v) is 6.18. The van der Waals surface area contributed by atoms with Crippen molar-refractivity contribution in [3.63, 3.8) is 0 Å². The van der Waals surface area contributed by atoms with Gasteiger partial charge in [-0.3, -0.25) is 4.68 Å². The van der Waals surface area contributed by atoms with E-state index in [4.69, 9.17) is 11.6 Å². The number of anilines is 1. The molecule has 0 fully saturated rings. The monoisotopic (exact) mass is 316 g/mol. The van der Waals surface area contributed by atoms with Gasteiger partial charge in [-0.05, 0) is 22.4 Å². The molecule has 0 bridgehead atoms. The minimum Gasteiger partial charge on any atom is -0.369 e. The number of aromatic nitrogens is 5. The van der Waals surface area contributed by atoms with E-state index in [1.807, 2.05) is 6.20 Å². The molecule has 0 amide bonds. The standard InChI is InChI=1S/C9H10BrClN6/c10-7-8(11)13-6-14-9(7)12-2-1-4-17-5-3-15-16-17/h3,5-6H,1-2,4H2,(H,12,13,14). The molecule has 0 aliphatic carbocycles. The molecule has 2 heterocycles. The highest BCUT2D eigenvalue weighted by atomic mass is 79.9. The van der Waals surface area contributed by atoms with Gasteiger partial charge in [0.15, 0.2) is 0 Å². The Morgan fingerprint density at radius 2 is 2.29 bits per heavy atom. The molecule has 2 aromatic heterocycles. The highest BCUT2D eigenvalue weighted by Crippen LogP contribution is 2.25. The molecule has 0 spiro atoms. The number of hydrogen-bond donors (Lipinski definition) is 1. The minimum atomic E-state index is 0.402. The number of nitrogens with zero attached hydrogens (tertiary/aromatic N) is 5. The fraction of sp³-hybridized carbons (Fsp3) is 0.333. The number of rotatable bonds is 5. The highest BCUT2D eigenvalue weighted by molar-refractivity contribution is 9.10. The second kappa shape index (κ2) is 5.92. The topological polar surface area (TPSA) is 68.5 Å². The van der Waals surface area contributed by atoms with Crippen LogP contribution in [0.5, 0.6) is 0 Å². The van der Waals surface area contributed by atoms with E-state index in [1.54, 1.807) is 10.9 Å². The summed E-state index contributed by atoms with van der Waals surface area (Å²) in [6.07, 6.45) is 5.83. The van der Waals surface area contributed by atoms with Crippen LogP contribution in [0.3, 0.4) is 0 Å². The van der Waals surface area contributed by atoms with Crippen LogP contribution in [0.15, 0.2) is 23.2 Å². The Labute approximate surface area is 112 Å². The number of aryl methyl sites for hydroxylation is 1. The Morgan fingerprint density at radius 3 is 3.06 bits per heavy atom. The fourth-order valence-electron chi connectivity index (χ4n) is 1.27. The van der Waals surface area contributed by atoms with Gasteiger partial charge in [-0.25, -0.2) is 9.97 Å². The molecule has 0 atom stereocenters. The molecule has 17 heavy (non-hydrogen) atoms. The number of halogens is 2. The van der Waals surface area contributed by atoms with E-state index in [1.165, 1.54) is 6.33 Å². The maximum Gasteiger partial charge on any atom is 0.148 e. The molecule has 0 unspecified atom stereocenters. The van der Waals surface area contributed by atoms with E-state index in [0.29, 0.717) is 15.4 Å². The van der Waals surface area contributed by atoms with Crippen molar-refractivity contribution < 1.29 is 0 Å². The number of nitrogens with one attached hydrogen (secondary N) is 1. The first kappa shape index (κ1) is 12.3. The number of hydrogen-bond acceptors (Lipinski definition) is 5. The average Bonchev–Trinajstić information content (AvgIpc) is 2.83. The molecule has 0 aliphatic heterocycles. The molecule has 0 radical (unpaired) electrons. The molecule has 90 valence electrons. The first-order valence-electron chi connectivity index (χ1n) is 5.01. The van der Waals surface area contributed by atoms with E-state index in [9.17, 15) is 0 Å². The van der Waals surface area contributed by atoms with Crippen molar-refractivity contribution in [3.05, 3.63) is 28.3 Å². The van der Waals surface area contributed by atoms with Gasteiger partial charge in [-0.15, -0.1) is 5.10 Å². The lowest BCUT2D eigenvalue weighted by Crippen LogP contribution is -2.08. The van der Waals surface area contributed by atoms with Crippen molar-refractivity contribution >= 4 is 33.3 Å². The van der Waals surface area contributed by atoms with Crippen LogP contribution in [-0.2, 0) is 6.54 Å². The predicted octanol–water partition coefficient (Wildman–Crippen LogP) is 1.99. The summed E-state index contributed by atoms with van der Waals surface area (Å²) in [5.74, 6) is 0.698. The lowest BCUT2D eigenvalue weighted by Gasteiger charge is -2.07. The molecule has 0 aromatic carbocycles. The van der Waals surface area contributed by atoms with Crippen molar-refractivity contribution in [2.24, 2.45) is 0 Å². The van der Waals surface area contributed by atoms with Crippen molar-refractivity contribution in [1.29, 1.82) is 0 Å². The third kappa shape index (κ3) is 3.37. The molecular weight excluding hydrogens is 307 g/mol. The van der Waals surface area contributed by atoms with Gasteiger partial charge < -0.3 is 5.32 Å². The first-order chi connectivity index (χ1) is 8.27. The summed E-state index contributed by atoms with van der Waals surface area (Å²) < 4.78 is 2.46.